The molecule has 6 heteroatoms. The number of nitrogens with zero attached hydrogens (tertiary/aromatic N) is 1. The fourth-order valence-electron chi connectivity index (χ4n) is 2.39. The van der Waals surface area contributed by atoms with Gasteiger partial charge in [0.25, 0.3) is 0 Å². The summed E-state index contributed by atoms with van der Waals surface area (Å²) in [6, 6.07) is 16.8. The summed E-state index contributed by atoms with van der Waals surface area (Å²) >= 11 is 0. The minimum Gasteiger partial charge on any atom is -0.497 e. The lowest BCUT2D eigenvalue weighted by molar-refractivity contribution is -0.120. The molecule has 1 N–H and O–H groups in total. The van der Waals surface area contributed by atoms with Gasteiger partial charge < -0.3 is 9.15 Å². The first-order valence-electron chi connectivity index (χ1n) is 7.94. The minimum absolute atomic E-state index is 0.182. The molecular weight excluding hydrogens is 335 g/mol. The van der Waals surface area contributed by atoms with Gasteiger partial charge in [-0.2, -0.15) is 5.10 Å². The van der Waals surface area contributed by atoms with E-state index in [9.17, 15) is 9.18 Å². The molecule has 0 fully saturated rings. The smallest absolute Gasteiger partial charge is 0.244 e. The van der Waals surface area contributed by atoms with Crippen LogP contribution in [0.25, 0.3) is 11.3 Å². The Morgan fingerprint density at radius 3 is 2.85 bits per heavy atom. The van der Waals surface area contributed by atoms with Gasteiger partial charge in [-0.15, -0.1) is 0 Å². The van der Waals surface area contributed by atoms with Crippen molar-refractivity contribution in [3.63, 3.8) is 0 Å². The third kappa shape index (κ3) is 4.57. The Hall–Kier alpha value is -3.41. The lowest BCUT2D eigenvalue weighted by atomic mass is 10.1. The molecule has 0 aliphatic heterocycles. The number of carbonyl (C=O) groups is 1. The number of benzene rings is 2. The summed E-state index contributed by atoms with van der Waals surface area (Å²) in [4.78, 5) is 11.9. The van der Waals surface area contributed by atoms with Crippen molar-refractivity contribution in [3.05, 3.63) is 77.8 Å². The molecule has 0 saturated heterocycles. The van der Waals surface area contributed by atoms with Gasteiger partial charge >= 0.3 is 0 Å². The molecular formula is C20H17FN2O3. The number of hydrazone groups is 1. The van der Waals surface area contributed by atoms with Crippen molar-refractivity contribution in [2.45, 2.75) is 6.42 Å². The van der Waals surface area contributed by atoms with E-state index in [-0.39, 0.29) is 18.1 Å². The zero-order chi connectivity index (χ0) is 18.4. The molecule has 3 rings (SSSR count). The van der Waals surface area contributed by atoms with E-state index in [4.69, 9.17) is 9.15 Å². The molecule has 0 aliphatic carbocycles. The van der Waals surface area contributed by atoms with E-state index in [1.807, 2.05) is 18.2 Å². The van der Waals surface area contributed by atoms with E-state index < -0.39 is 0 Å². The molecule has 0 atom stereocenters. The van der Waals surface area contributed by atoms with E-state index in [0.29, 0.717) is 22.8 Å². The maximum atomic E-state index is 13.3. The Morgan fingerprint density at radius 2 is 2.04 bits per heavy atom. The third-order valence-electron chi connectivity index (χ3n) is 3.62. The largest absolute Gasteiger partial charge is 0.497 e. The fourth-order valence-corrected chi connectivity index (χ4v) is 2.39. The number of rotatable bonds is 6. The number of carbonyl (C=O) groups excluding carboxylic acids is 1. The van der Waals surface area contributed by atoms with Crippen LogP contribution in [-0.4, -0.2) is 19.2 Å². The second kappa shape index (κ2) is 8.11. The van der Waals surface area contributed by atoms with Crippen LogP contribution in [0, 0.1) is 5.82 Å². The summed E-state index contributed by atoms with van der Waals surface area (Å²) in [5, 5.41) is 3.88. The molecule has 0 aliphatic rings. The normalized spacial score (nSPS) is 10.8. The second-order valence-electron chi connectivity index (χ2n) is 5.53. The number of hydrogen-bond donors (Lipinski definition) is 1. The number of hydrogen-bond acceptors (Lipinski definition) is 4. The highest BCUT2D eigenvalue weighted by Gasteiger charge is 2.05. The van der Waals surface area contributed by atoms with E-state index in [1.165, 1.54) is 18.3 Å². The Balaban J connectivity index is 1.57. The van der Waals surface area contributed by atoms with E-state index >= 15 is 0 Å². The number of methoxy groups -OCH3 is 1. The summed E-state index contributed by atoms with van der Waals surface area (Å²) in [6.45, 7) is 0. The van der Waals surface area contributed by atoms with Gasteiger partial charge in [-0.25, -0.2) is 9.82 Å². The van der Waals surface area contributed by atoms with E-state index in [0.717, 1.165) is 5.56 Å². The van der Waals surface area contributed by atoms with Gasteiger partial charge in [0.1, 0.15) is 23.1 Å². The summed E-state index contributed by atoms with van der Waals surface area (Å²) in [6.07, 6.45) is 1.58. The number of halogens is 1. The molecule has 5 nitrogen and oxygen atoms in total. The Labute approximate surface area is 150 Å². The summed E-state index contributed by atoms with van der Waals surface area (Å²) < 4.78 is 24.0. The topological polar surface area (TPSA) is 63.8 Å². The monoisotopic (exact) mass is 352 g/mol. The first kappa shape index (κ1) is 17.4. The van der Waals surface area contributed by atoms with Crippen LogP contribution in [0.4, 0.5) is 4.39 Å². The standard InChI is InChI=1S/C20H17FN2O3/c1-25-17-7-2-4-14(10-17)11-20(24)23-22-13-18-8-9-19(26-18)15-5-3-6-16(21)12-15/h2-10,12-13H,11H2,1H3,(H,23,24)/b22-13+. The molecule has 2 aromatic carbocycles. The van der Waals surface area contributed by atoms with Crippen molar-refractivity contribution < 1.29 is 18.3 Å². The maximum absolute atomic E-state index is 13.3. The number of furan rings is 1. The van der Waals surface area contributed by atoms with Crippen molar-refractivity contribution in [1.82, 2.24) is 5.43 Å². The van der Waals surface area contributed by atoms with Crippen LogP contribution in [0.2, 0.25) is 0 Å². The van der Waals surface area contributed by atoms with Gasteiger partial charge in [0.05, 0.1) is 19.7 Å². The molecule has 0 spiro atoms. The second-order valence-corrected chi connectivity index (χ2v) is 5.53. The lowest BCUT2D eigenvalue weighted by Crippen LogP contribution is -2.19. The van der Waals surface area contributed by atoms with Crippen molar-refractivity contribution in [1.29, 1.82) is 0 Å². The zero-order valence-electron chi connectivity index (χ0n) is 14.1. The van der Waals surface area contributed by atoms with Gasteiger partial charge in [0.2, 0.25) is 5.91 Å². The molecule has 0 radical (unpaired) electrons. The maximum Gasteiger partial charge on any atom is 0.244 e. The molecule has 0 saturated carbocycles. The molecule has 1 amide bonds. The highest BCUT2D eigenvalue weighted by molar-refractivity contribution is 5.82. The average Bonchev–Trinajstić information content (AvgIpc) is 3.11. The molecule has 3 aromatic rings. The molecule has 1 heterocycles. The Morgan fingerprint density at radius 1 is 1.19 bits per heavy atom. The highest BCUT2D eigenvalue weighted by atomic mass is 19.1. The van der Waals surface area contributed by atoms with Crippen molar-refractivity contribution >= 4 is 12.1 Å². The van der Waals surface area contributed by atoms with Gasteiger partial charge in [-0.1, -0.05) is 24.3 Å². The molecule has 26 heavy (non-hydrogen) atoms. The Bertz CT molecular complexity index is 934. The predicted octanol–water partition coefficient (Wildman–Crippen LogP) is 3.79. The van der Waals surface area contributed by atoms with Crippen LogP contribution in [0.5, 0.6) is 5.75 Å². The predicted molar refractivity (Wildman–Crippen MR) is 96.5 cm³/mol. The lowest BCUT2D eigenvalue weighted by Gasteiger charge is -2.03. The first-order valence-corrected chi connectivity index (χ1v) is 7.94. The van der Waals surface area contributed by atoms with E-state index in [1.54, 1.807) is 37.4 Å². The highest BCUT2D eigenvalue weighted by Crippen LogP contribution is 2.22. The van der Waals surface area contributed by atoms with Gasteiger partial charge in [-0.05, 0) is 42.0 Å². The van der Waals surface area contributed by atoms with E-state index in [2.05, 4.69) is 10.5 Å². The number of amides is 1. The molecule has 1 aromatic heterocycles. The van der Waals surface area contributed by atoms with Crippen LogP contribution >= 0.6 is 0 Å². The quantitative estimate of drug-likeness (QED) is 0.542. The van der Waals surface area contributed by atoms with Gasteiger partial charge in [-0.3, -0.25) is 4.79 Å². The molecule has 0 bridgehead atoms. The van der Waals surface area contributed by atoms with Crippen LogP contribution in [0.3, 0.4) is 0 Å². The fraction of sp³-hybridized carbons (Fsp3) is 0.100. The van der Waals surface area contributed by atoms with Crippen LogP contribution in [-0.2, 0) is 11.2 Å². The first-order chi connectivity index (χ1) is 12.6. The molecule has 0 unspecified atom stereocenters. The number of nitrogens with one attached hydrogen (secondary N) is 1. The summed E-state index contributed by atoms with van der Waals surface area (Å²) in [5.41, 5.74) is 3.90. The average molecular weight is 352 g/mol. The summed E-state index contributed by atoms with van der Waals surface area (Å²) in [5.74, 6) is 1.07. The SMILES string of the molecule is COc1cccc(CC(=O)N/N=C/c2ccc(-c3cccc(F)c3)o2)c1. The molecule has 132 valence electrons. The Kier molecular flexibility index (Phi) is 5.43. The van der Waals surface area contributed by atoms with Gasteiger partial charge in [0.15, 0.2) is 0 Å². The van der Waals surface area contributed by atoms with Crippen LogP contribution in [0.15, 0.2) is 70.2 Å². The summed E-state index contributed by atoms with van der Waals surface area (Å²) in [7, 11) is 1.57. The van der Waals surface area contributed by atoms with Crippen molar-refractivity contribution in [2.75, 3.05) is 7.11 Å². The third-order valence-corrected chi connectivity index (χ3v) is 3.62. The minimum atomic E-state index is -0.334. The zero-order valence-corrected chi connectivity index (χ0v) is 14.1. The van der Waals surface area contributed by atoms with Gasteiger partial charge in [0, 0.05) is 5.56 Å². The number of ether oxygens (including phenoxy) is 1. The van der Waals surface area contributed by atoms with Crippen molar-refractivity contribution in [2.24, 2.45) is 5.10 Å². The van der Waals surface area contributed by atoms with Crippen LogP contribution < -0.4 is 10.2 Å². The van der Waals surface area contributed by atoms with Crippen molar-refractivity contribution in [3.8, 4) is 17.1 Å². The van der Waals surface area contributed by atoms with Crippen LogP contribution in [0.1, 0.15) is 11.3 Å².